The maximum Gasteiger partial charge on any atom is 0.212 e. The Morgan fingerprint density at radius 2 is 1.35 bits per heavy atom. The van der Waals surface area contributed by atoms with Gasteiger partial charge in [-0.3, -0.25) is 0 Å². The van der Waals surface area contributed by atoms with Gasteiger partial charge in [-0.1, -0.05) is 115 Å². The lowest BCUT2D eigenvalue weighted by atomic mass is 9.69. The second kappa shape index (κ2) is 14.1. The number of nitrogens with one attached hydrogen (secondary N) is 2. The first-order valence-electron chi connectivity index (χ1n) is 14.5. The molecule has 4 aromatic carbocycles. The summed E-state index contributed by atoms with van der Waals surface area (Å²) in [4.78, 5) is 8.67. The van der Waals surface area contributed by atoms with E-state index in [-0.39, 0.29) is 18.2 Å². The first-order valence-corrected chi connectivity index (χ1v) is 16.6. The van der Waals surface area contributed by atoms with Crippen LogP contribution in [-0.2, 0) is 28.4 Å². The van der Waals surface area contributed by atoms with Gasteiger partial charge in [0, 0.05) is 17.8 Å². The van der Waals surface area contributed by atoms with E-state index in [0.29, 0.717) is 24.4 Å². The summed E-state index contributed by atoms with van der Waals surface area (Å²) < 4.78 is 28.3. The second-order valence-electron chi connectivity index (χ2n) is 10.8. The molecule has 222 valence electrons. The lowest BCUT2D eigenvalue weighted by Gasteiger charge is -2.34. The normalized spacial score (nSPS) is 12.7. The molecule has 1 unspecified atom stereocenters. The molecule has 0 aliphatic rings. The van der Waals surface area contributed by atoms with E-state index in [2.05, 4.69) is 82.5 Å². The molecule has 5 aromatic rings. The number of halogens is 1. The number of hydrogen-bond acceptors (Lipinski definition) is 4. The molecule has 0 radical (unpaired) electrons. The van der Waals surface area contributed by atoms with Gasteiger partial charge >= 0.3 is 0 Å². The molecule has 43 heavy (non-hydrogen) atoms. The van der Waals surface area contributed by atoms with E-state index in [1.54, 1.807) is 12.1 Å². The zero-order chi connectivity index (χ0) is 30.1. The molecular formula is C35H37ClN4O2S. The Kier molecular flexibility index (Phi) is 10.1. The largest absolute Gasteiger partial charge is 0.347 e. The molecule has 8 heteroatoms. The number of rotatable bonds is 14. The molecule has 6 nitrogen and oxygen atoms in total. The Balaban J connectivity index is 1.31. The molecule has 4 N–H and O–H groups in total. The van der Waals surface area contributed by atoms with Crippen LogP contribution in [0.25, 0.3) is 0 Å². The van der Waals surface area contributed by atoms with Gasteiger partial charge in [-0.05, 0) is 66.1 Å². The molecule has 0 spiro atoms. The van der Waals surface area contributed by atoms with E-state index < -0.39 is 15.4 Å². The van der Waals surface area contributed by atoms with Crippen LogP contribution in [0, 0.1) is 5.92 Å². The van der Waals surface area contributed by atoms with Crippen LogP contribution in [-0.4, -0.2) is 30.7 Å². The quantitative estimate of drug-likeness (QED) is 0.125. The summed E-state index contributed by atoms with van der Waals surface area (Å²) in [5.74, 6) is 0.677. The van der Waals surface area contributed by atoms with Crippen LogP contribution < -0.4 is 10.5 Å². The number of nitrogens with zero attached hydrogens (tertiary/aromatic N) is 1. The number of aryl methyl sites for hydroxylation is 1. The van der Waals surface area contributed by atoms with Gasteiger partial charge in [0.15, 0.2) is 0 Å². The van der Waals surface area contributed by atoms with Crippen molar-refractivity contribution in [3.63, 3.8) is 0 Å². The third-order valence-electron chi connectivity index (χ3n) is 7.85. The SMILES string of the molecule is NCC(CCCc1c[nH]c(C(c2ccccc2)(c2ccccc2)c2ccccc2)n1)CS(=O)(=O)NCc1ccc(Cl)cc1. The average Bonchev–Trinajstić information content (AvgIpc) is 3.51. The number of sulfonamides is 1. The minimum Gasteiger partial charge on any atom is -0.347 e. The smallest absolute Gasteiger partial charge is 0.212 e. The van der Waals surface area contributed by atoms with E-state index in [9.17, 15) is 8.42 Å². The van der Waals surface area contributed by atoms with Crippen molar-refractivity contribution in [1.82, 2.24) is 14.7 Å². The molecule has 1 heterocycles. The lowest BCUT2D eigenvalue weighted by molar-refractivity contribution is 0.501. The van der Waals surface area contributed by atoms with Crippen molar-refractivity contribution >= 4 is 21.6 Å². The number of hydrogen-bond donors (Lipinski definition) is 3. The third kappa shape index (κ3) is 7.43. The van der Waals surface area contributed by atoms with Crippen molar-refractivity contribution in [2.75, 3.05) is 12.3 Å². The van der Waals surface area contributed by atoms with Crippen LogP contribution in [0.1, 0.15) is 46.6 Å². The van der Waals surface area contributed by atoms with Crippen molar-refractivity contribution in [2.24, 2.45) is 11.7 Å². The number of aromatic nitrogens is 2. The highest BCUT2D eigenvalue weighted by Crippen LogP contribution is 2.43. The van der Waals surface area contributed by atoms with E-state index in [1.165, 1.54) is 0 Å². The van der Waals surface area contributed by atoms with Crippen molar-refractivity contribution in [3.8, 4) is 0 Å². The summed E-state index contributed by atoms with van der Waals surface area (Å²) in [7, 11) is -3.49. The Labute approximate surface area is 259 Å². The van der Waals surface area contributed by atoms with Gasteiger partial charge in [0.05, 0.1) is 11.4 Å². The molecule has 0 saturated heterocycles. The Bertz CT molecular complexity index is 1580. The van der Waals surface area contributed by atoms with Gasteiger partial charge in [-0.25, -0.2) is 18.1 Å². The molecule has 0 bridgehead atoms. The van der Waals surface area contributed by atoms with Crippen molar-refractivity contribution in [3.05, 3.63) is 160 Å². The fourth-order valence-corrected chi connectivity index (χ4v) is 7.21. The summed E-state index contributed by atoms with van der Waals surface area (Å²) in [6.45, 7) is 0.519. The standard InChI is InChI=1S/C35H37ClN4O2S/c36-32-21-19-27(20-22-32)24-39-43(41,42)26-28(23-37)11-10-18-33-25-38-34(40-33)35(29-12-4-1-5-13-29,30-14-6-2-7-15-30)31-16-8-3-9-17-31/h1-9,12-17,19-22,25,28,39H,10-11,18,23-24,26,37H2,(H,38,40). The van der Waals surface area contributed by atoms with E-state index in [4.69, 9.17) is 22.3 Å². The van der Waals surface area contributed by atoms with Gasteiger partial charge in [0.2, 0.25) is 10.0 Å². The number of nitrogens with two attached hydrogens (primary N) is 1. The monoisotopic (exact) mass is 612 g/mol. The molecule has 0 aliphatic carbocycles. The topological polar surface area (TPSA) is 101 Å². The highest BCUT2D eigenvalue weighted by molar-refractivity contribution is 7.89. The molecule has 0 aliphatic heterocycles. The molecule has 1 aromatic heterocycles. The van der Waals surface area contributed by atoms with Gasteiger partial charge in [-0.15, -0.1) is 0 Å². The number of imidazole rings is 1. The Hall–Kier alpha value is -3.75. The van der Waals surface area contributed by atoms with Crippen LogP contribution in [0.4, 0.5) is 0 Å². The van der Waals surface area contributed by atoms with E-state index in [1.807, 2.05) is 36.5 Å². The molecule has 5 rings (SSSR count). The predicted octanol–water partition coefficient (Wildman–Crippen LogP) is 6.46. The summed E-state index contributed by atoms with van der Waals surface area (Å²) in [5, 5.41) is 0.615. The Morgan fingerprint density at radius 1 is 0.814 bits per heavy atom. The maximum absolute atomic E-state index is 12.8. The zero-order valence-electron chi connectivity index (χ0n) is 24.0. The predicted molar refractivity (Wildman–Crippen MR) is 174 cm³/mol. The number of H-pyrrole nitrogens is 1. The fraction of sp³-hybridized carbons (Fsp3) is 0.229. The van der Waals surface area contributed by atoms with Crippen molar-refractivity contribution < 1.29 is 8.42 Å². The fourth-order valence-electron chi connectivity index (χ4n) is 5.66. The van der Waals surface area contributed by atoms with Crippen molar-refractivity contribution in [1.29, 1.82) is 0 Å². The van der Waals surface area contributed by atoms with Crippen LogP contribution in [0.2, 0.25) is 5.02 Å². The summed E-state index contributed by atoms with van der Waals surface area (Å²) in [6, 6.07) is 38.5. The molecule has 0 saturated carbocycles. The minimum absolute atomic E-state index is 0.0119. The van der Waals surface area contributed by atoms with Gasteiger partial charge in [-0.2, -0.15) is 0 Å². The average molecular weight is 613 g/mol. The minimum atomic E-state index is -3.49. The third-order valence-corrected chi connectivity index (χ3v) is 9.60. The summed E-state index contributed by atoms with van der Waals surface area (Å²) in [5.41, 5.74) is 10.5. The highest BCUT2D eigenvalue weighted by atomic mass is 35.5. The number of benzene rings is 4. The van der Waals surface area contributed by atoms with Gasteiger partial charge in [0.1, 0.15) is 11.2 Å². The number of aromatic amines is 1. The Morgan fingerprint density at radius 3 is 1.86 bits per heavy atom. The first kappa shape index (κ1) is 30.7. The summed E-state index contributed by atoms with van der Waals surface area (Å²) >= 11 is 5.93. The zero-order valence-corrected chi connectivity index (χ0v) is 25.6. The van der Waals surface area contributed by atoms with Gasteiger partial charge in [0.25, 0.3) is 0 Å². The van der Waals surface area contributed by atoms with Gasteiger partial charge < -0.3 is 10.7 Å². The van der Waals surface area contributed by atoms with Crippen LogP contribution in [0.3, 0.4) is 0 Å². The first-order chi connectivity index (χ1) is 20.9. The van der Waals surface area contributed by atoms with Crippen LogP contribution >= 0.6 is 11.6 Å². The summed E-state index contributed by atoms with van der Waals surface area (Å²) in [6.07, 6.45) is 4.14. The maximum atomic E-state index is 12.8. The lowest BCUT2D eigenvalue weighted by Crippen LogP contribution is -2.32. The van der Waals surface area contributed by atoms with E-state index in [0.717, 1.165) is 40.2 Å². The van der Waals surface area contributed by atoms with Crippen LogP contribution in [0.15, 0.2) is 121 Å². The molecule has 1 atom stereocenters. The van der Waals surface area contributed by atoms with E-state index >= 15 is 0 Å². The van der Waals surface area contributed by atoms with Crippen molar-refractivity contribution in [2.45, 2.75) is 31.2 Å². The highest BCUT2D eigenvalue weighted by Gasteiger charge is 2.40. The molecule has 0 amide bonds. The molecule has 0 fully saturated rings. The van der Waals surface area contributed by atoms with Crippen LogP contribution in [0.5, 0.6) is 0 Å². The molecular weight excluding hydrogens is 576 g/mol. The second-order valence-corrected chi connectivity index (χ2v) is 13.1.